The van der Waals surface area contributed by atoms with Crippen LogP contribution >= 0.6 is 11.3 Å². The molecule has 5 rings (SSSR count). The molecule has 3 heterocycles. The number of rotatable bonds is 5. The highest BCUT2D eigenvalue weighted by molar-refractivity contribution is 7.07. The molecule has 0 saturated heterocycles. The Labute approximate surface area is 224 Å². The summed E-state index contributed by atoms with van der Waals surface area (Å²) in [6, 6.07) is 17.1. The van der Waals surface area contributed by atoms with Crippen LogP contribution < -0.4 is 19.8 Å². The zero-order valence-corrected chi connectivity index (χ0v) is 23.0. The van der Waals surface area contributed by atoms with Crippen LogP contribution in [-0.2, 0) is 9.53 Å². The fraction of sp³-hybridized carbons (Fsp3) is 0.241. The molecule has 1 atom stereocenters. The number of aryl methyl sites for hydroxylation is 1. The maximum Gasteiger partial charge on any atom is 0.338 e. The summed E-state index contributed by atoms with van der Waals surface area (Å²) in [5.74, 6) is -0.502. The molecular weight excluding hydrogens is 498 g/mol. The van der Waals surface area contributed by atoms with Crippen LogP contribution in [0.1, 0.15) is 35.5 Å². The third-order valence-corrected chi connectivity index (χ3v) is 7.76. The Bertz CT molecular complexity index is 1740. The second-order valence-corrected chi connectivity index (χ2v) is 10.4. The molecule has 0 N–H and O–H groups in total. The maximum absolute atomic E-state index is 13.9. The Kier molecular flexibility index (Phi) is 6.62. The number of thiazole rings is 1. The molecule has 2 aromatic heterocycles. The monoisotopic (exact) mass is 527 g/mol. The average molecular weight is 528 g/mol. The summed E-state index contributed by atoms with van der Waals surface area (Å²) in [7, 11) is 5.27. The van der Waals surface area contributed by atoms with E-state index in [0.717, 1.165) is 33.9 Å². The quantitative estimate of drug-likeness (QED) is 0.372. The molecule has 0 amide bonds. The summed E-state index contributed by atoms with van der Waals surface area (Å²) in [6.45, 7) is 5.71. The highest BCUT2D eigenvalue weighted by Gasteiger charge is 2.33. The summed E-state index contributed by atoms with van der Waals surface area (Å²) < 4.78 is 9.12. The van der Waals surface area contributed by atoms with Crippen molar-refractivity contribution in [3.05, 3.63) is 108 Å². The minimum Gasteiger partial charge on any atom is -0.466 e. The molecule has 1 aliphatic heterocycles. The fourth-order valence-corrected chi connectivity index (χ4v) is 5.81. The van der Waals surface area contributed by atoms with Gasteiger partial charge in [-0.3, -0.25) is 9.36 Å². The van der Waals surface area contributed by atoms with Crippen molar-refractivity contribution in [2.75, 3.05) is 26.1 Å². The lowest BCUT2D eigenvalue weighted by atomic mass is 9.95. The summed E-state index contributed by atoms with van der Waals surface area (Å²) in [5, 5.41) is 4.72. The van der Waals surface area contributed by atoms with Gasteiger partial charge >= 0.3 is 5.97 Å². The molecule has 38 heavy (non-hydrogen) atoms. The van der Waals surface area contributed by atoms with Crippen LogP contribution in [-0.4, -0.2) is 41.5 Å². The molecule has 1 aliphatic rings. The Morgan fingerprint density at radius 1 is 1.05 bits per heavy atom. The van der Waals surface area contributed by atoms with E-state index < -0.39 is 12.0 Å². The van der Waals surface area contributed by atoms with Crippen LogP contribution in [0.5, 0.6) is 0 Å². The number of anilines is 1. The number of nitrogens with zero attached hydrogens (tertiary/aromatic N) is 5. The number of ether oxygens (including phenoxy) is 1. The molecular formula is C29H29N5O3S. The highest BCUT2D eigenvalue weighted by Crippen LogP contribution is 2.31. The van der Waals surface area contributed by atoms with E-state index in [1.807, 2.05) is 98.2 Å². The first-order chi connectivity index (χ1) is 18.2. The van der Waals surface area contributed by atoms with Gasteiger partial charge in [-0.15, -0.1) is 0 Å². The highest BCUT2D eigenvalue weighted by atomic mass is 32.1. The van der Waals surface area contributed by atoms with Crippen molar-refractivity contribution in [3.8, 4) is 5.69 Å². The first kappa shape index (κ1) is 25.4. The molecule has 0 fully saturated rings. The van der Waals surface area contributed by atoms with Crippen LogP contribution in [0.25, 0.3) is 11.8 Å². The normalized spacial score (nSPS) is 15.3. The van der Waals surface area contributed by atoms with Gasteiger partial charge in [0.1, 0.15) is 0 Å². The lowest BCUT2D eigenvalue weighted by Crippen LogP contribution is -2.39. The molecule has 8 nitrogen and oxygen atoms in total. The zero-order valence-electron chi connectivity index (χ0n) is 22.2. The molecule has 4 aromatic rings. The largest absolute Gasteiger partial charge is 0.466 e. The topological polar surface area (TPSA) is 81.7 Å². The summed E-state index contributed by atoms with van der Waals surface area (Å²) in [6.07, 6.45) is 1.88. The molecule has 0 saturated carbocycles. The minimum absolute atomic E-state index is 0.212. The number of carbonyl (C=O) groups is 1. The third kappa shape index (κ3) is 4.28. The molecule has 0 bridgehead atoms. The van der Waals surface area contributed by atoms with Gasteiger partial charge in [0.15, 0.2) is 4.80 Å². The number of benzene rings is 2. The number of esters is 1. The van der Waals surface area contributed by atoms with Crippen molar-refractivity contribution in [3.63, 3.8) is 0 Å². The van der Waals surface area contributed by atoms with Crippen LogP contribution in [0.2, 0.25) is 0 Å². The summed E-state index contributed by atoms with van der Waals surface area (Å²) >= 11 is 1.31. The summed E-state index contributed by atoms with van der Waals surface area (Å²) in [5.41, 5.74) is 6.09. The molecule has 194 valence electrons. The van der Waals surface area contributed by atoms with Gasteiger partial charge in [-0.2, -0.15) is 5.10 Å². The predicted molar refractivity (Wildman–Crippen MR) is 150 cm³/mol. The van der Waals surface area contributed by atoms with Crippen molar-refractivity contribution >= 4 is 29.1 Å². The van der Waals surface area contributed by atoms with E-state index in [1.165, 1.54) is 18.4 Å². The van der Waals surface area contributed by atoms with Gasteiger partial charge in [-0.05, 0) is 56.7 Å². The third-order valence-electron chi connectivity index (χ3n) is 6.78. The van der Waals surface area contributed by atoms with Crippen molar-refractivity contribution in [1.29, 1.82) is 0 Å². The number of para-hydroxylation sites is 1. The molecule has 0 aliphatic carbocycles. The lowest BCUT2D eigenvalue weighted by molar-refractivity contribution is -0.136. The smallest absolute Gasteiger partial charge is 0.338 e. The number of hydrogen-bond donors (Lipinski definition) is 0. The maximum atomic E-state index is 13.9. The van der Waals surface area contributed by atoms with Crippen molar-refractivity contribution in [2.45, 2.75) is 26.8 Å². The molecule has 9 heteroatoms. The van der Waals surface area contributed by atoms with E-state index in [2.05, 4.69) is 4.99 Å². The molecule has 0 radical (unpaired) electrons. The number of methoxy groups -OCH3 is 1. The van der Waals surface area contributed by atoms with Crippen molar-refractivity contribution in [1.82, 2.24) is 14.3 Å². The minimum atomic E-state index is -0.647. The lowest BCUT2D eigenvalue weighted by Gasteiger charge is -2.25. The number of fused-ring (bicyclic) bond motifs is 1. The molecule has 0 spiro atoms. The number of hydrogen-bond acceptors (Lipinski definition) is 7. The van der Waals surface area contributed by atoms with E-state index >= 15 is 0 Å². The number of aromatic nitrogens is 3. The van der Waals surface area contributed by atoms with Crippen LogP contribution in [0.4, 0.5) is 5.69 Å². The SMILES string of the molecule is COC(=O)C1=C(C)N=c2s/c(=C/c3c(C)nn(-c4ccccc4)c3C)c(=O)n2C1c1ccc(N(C)C)cc1. The first-order valence-corrected chi connectivity index (χ1v) is 13.0. The predicted octanol–water partition coefficient (Wildman–Crippen LogP) is 3.28. The van der Waals surface area contributed by atoms with Gasteiger partial charge in [0.2, 0.25) is 0 Å². The Balaban J connectivity index is 1.70. The van der Waals surface area contributed by atoms with E-state index in [0.29, 0.717) is 20.6 Å². The number of allylic oxidation sites excluding steroid dienone is 1. The van der Waals surface area contributed by atoms with Gasteiger partial charge in [0, 0.05) is 31.0 Å². The number of carbonyl (C=O) groups excluding carboxylic acids is 1. The van der Waals surface area contributed by atoms with Crippen molar-refractivity contribution in [2.24, 2.45) is 4.99 Å². The molecule has 1 unspecified atom stereocenters. The Morgan fingerprint density at radius 3 is 2.37 bits per heavy atom. The standard InChI is InChI=1S/C29H29N5O3S/c1-17-23(19(3)34(31-17)22-10-8-7-9-11-22)16-24-27(35)33-26(20-12-14-21(15-13-20)32(4)5)25(28(36)37-6)18(2)30-29(33)38-24/h7-16,26H,1-6H3/b24-16+. The van der Waals surface area contributed by atoms with E-state index in [4.69, 9.17) is 9.84 Å². The van der Waals surface area contributed by atoms with E-state index in [9.17, 15) is 9.59 Å². The van der Waals surface area contributed by atoms with Gasteiger partial charge < -0.3 is 9.64 Å². The van der Waals surface area contributed by atoms with E-state index in [1.54, 1.807) is 11.5 Å². The van der Waals surface area contributed by atoms with E-state index in [-0.39, 0.29) is 5.56 Å². The molecule has 2 aromatic carbocycles. The van der Waals surface area contributed by atoms with Crippen molar-refractivity contribution < 1.29 is 9.53 Å². The van der Waals surface area contributed by atoms with Gasteiger partial charge in [-0.1, -0.05) is 41.7 Å². The Hall–Kier alpha value is -4.24. The fourth-order valence-electron chi connectivity index (χ4n) is 4.78. The second kappa shape index (κ2) is 9.90. The second-order valence-electron chi connectivity index (χ2n) is 9.39. The first-order valence-electron chi connectivity index (χ1n) is 12.2. The van der Waals surface area contributed by atoms with Crippen LogP contribution in [0.15, 0.2) is 75.7 Å². The average Bonchev–Trinajstić information content (AvgIpc) is 3.38. The van der Waals surface area contributed by atoms with Gasteiger partial charge in [0.25, 0.3) is 5.56 Å². The zero-order chi connectivity index (χ0) is 27.1. The Morgan fingerprint density at radius 2 is 1.74 bits per heavy atom. The van der Waals surface area contributed by atoms with Gasteiger partial charge in [0.05, 0.1) is 40.3 Å². The summed E-state index contributed by atoms with van der Waals surface area (Å²) in [4.78, 5) is 34.0. The van der Waals surface area contributed by atoms with Crippen LogP contribution in [0, 0.1) is 13.8 Å². The van der Waals surface area contributed by atoms with Gasteiger partial charge in [-0.25, -0.2) is 14.5 Å². The van der Waals surface area contributed by atoms with Crippen LogP contribution in [0.3, 0.4) is 0 Å².